The molecule has 3 aromatic carbocycles. The van der Waals surface area contributed by atoms with E-state index in [4.69, 9.17) is 4.74 Å². The zero-order chi connectivity index (χ0) is 22.0. The SMILES string of the molecule is CCN(C1=C(c2ccccc2OC)C(=O)N(c2cccc(F)c2)C1=O)c1ccccc1. The van der Waals surface area contributed by atoms with Crippen LogP contribution in [0.3, 0.4) is 0 Å². The van der Waals surface area contributed by atoms with E-state index in [0.717, 1.165) is 10.6 Å². The zero-order valence-corrected chi connectivity index (χ0v) is 17.2. The van der Waals surface area contributed by atoms with Crippen LogP contribution in [-0.4, -0.2) is 25.5 Å². The Balaban J connectivity index is 1.95. The number of ether oxygens (including phenoxy) is 1. The molecule has 156 valence electrons. The van der Waals surface area contributed by atoms with E-state index < -0.39 is 17.6 Å². The summed E-state index contributed by atoms with van der Waals surface area (Å²) in [6.07, 6.45) is 0. The molecule has 1 aliphatic heterocycles. The van der Waals surface area contributed by atoms with Gasteiger partial charge in [-0.2, -0.15) is 0 Å². The number of amides is 2. The number of methoxy groups -OCH3 is 1. The molecule has 0 bridgehead atoms. The monoisotopic (exact) mass is 416 g/mol. The second-order valence-electron chi connectivity index (χ2n) is 6.93. The summed E-state index contributed by atoms with van der Waals surface area (Å²) < 4.78 is 19.4. The number of benzene rings is 3. The van der Waals surface area contributed by atoms with Crippen molar-refractivity contribution in [2.24, 2.45) is 0 Å². The van der Waals surface area contributed by atoms with Crippen LogP contribution in [0, 0.1) is 5.82 Å². The third kappa shape index (κ3) is 3.57. The Hall–Kier alpha value is -3.93. The summed E-state index contributed by atoms with van der Waals surface area (Å²) in [5.74, 6) is -1.09. The Bertz CT molecular complexity index is 1170. The number of hydrogen-bond donors (Lipinski definition) is 0. The van der Waals surface area contributed by atoms with Crippen LogP contribution in [0.1, 0.15) is 12.5 Å². The second kappa shape index (κ2) is 8.44. The molecule has 0 spiro atoms. The first-order valence-corrected chi connectivity index (χ1v) is 9.91. The van der Waals surface area contributed by atoms with E-state index in [0.29, 0.717) is 17.9 Å². The van der Waals surface area contributed by atoms with E-state index >= 15 is 0 Å². The largest absolute Gasteiger partial charge is 0.496 e. The van der Waals surface area contributed by atoms with Crippen LogP contribution in [0.25, 0.3) is 5.57 Å². The van der Waals surface area contributed by atoms with E-state index in [1.807, 2.05) is 37.3 Å². The molecule has 3 aromatic rings. The molecule has 4 rings (SSSR count). The van der Waals surface area contributed by atoms with E-state index in [1.54, 1.807) is 35.2 Å². The molecule has 0 N–H and O–H groups in total. The number of carbonyl (C=O) groups is 2. The minimum atomic E-state index is -0.527. The number of carbonyl (C=O) groups excluding carboxylic acids is 2. The van der Waals surface area contributed by atoms with Crippen molar-refractivity contribution in [2.45, 2.75) is 6.92 Å². The van der Waals surface area contributed by atoms with Gasteiger partial charge >= 0.3 is 0 Å². The molecule has 0 aliphatic carbocycles. The van der Waals surface area contributed by atoms with Crippen LogP contribution in [0.5, 0.6) is 5.75 Å². The van der Waals surface area contributed by atoms with Crippen LogP contribution in [-0.2, 0) is 9.59 Å². The molecule has 31 heavy (non-hydrogen) atoms. The highest BCUT2D eigenvalue weighted by Crippen LogP contribution is 2.39. The van der Waals surface area contributed by atoms with Gasteiger partial charge in [0.25, 0.3) is 11.8 Å². The summed E-state index contributed by atoms with van der Waals surface area (Å²) >= 11 is 0. The van der Waals surface area contributed by atoms with Crippen LogP contribution >= 0.6 is 0 Å². The Labute approximate surface area is 180 Å². The van der Waals surface area contributed by atoms with E-state index in [-0.39, 0.29) is 17.0 Å². The molecule has 0 saturated carbocycles. The van der Waals surface area contributed by atoms with Crippen molar-refractivity contribution in [2.75, 3.05) is 23.5 Å². The Morgan fingerprint density at radius 1 is 0.903 bits per heavy atom. The summed E-state index contributed by atoms with van der Waals surface area (Å²) in [6.45, 7) is 2.36. The predicted molar refractivity (Wildman–Crippen MR) is 118 cm³/mol. The third-order valence-corrected chi connectivity index (χ3v) is 5.16. The van der Waals surface area contributed by atoms with Gasteiger partial charge in [-0.1, -0.05) is 42.5 Å². The van der Waals surface area contributed by atoms with Crippen molar-refractivity contribution in [1.82, 2.24) is 0 Å². The van der Waals surface area contributed by atoms with Crippen LogP contribution in [0.4, 0.5) is 15.8 Å². The van der Waals surface area contributed by atoms with Crippen molar-refractivity contribution in [1.29, 1.82) is 0 Å². The average molecular weight is 416 g/mol. The molecular weight excluding hydrogens is 395 g/mol. The summed E-state index contributed by atoms with van der Waals surface area (Å²) in [5, 5.41) is 0. The zero-order valence-electron chi connectivity index (χ0n) is 17.2. The first kappa shape index (κ1) is 20.3. The average Bonchev–Trinajstić information content (AvgIpc) is 3.05. The highest BCUT2D eigenvalue weighted by Gasteiger charge is 2.43. The van der Waals surface area contributed by atoms with Gasteiger partial charge in [0.05, 0.1) is 18.4 Å². The van der Waals surface area contributed by atoms with Gasteiger partial charge in [-0.15, -0.1) is 0 Å². The maximum Gasteiger partial charge on any atom is 0.282 e. The van der Waals surface area contributed by atoms with Crippen LogP contribution in [0.2, 0.25) is 0 Å². The van der Waals surface area contributed by atoms with Crippen LogP contribution in [0.15, 0.2) is 84.6 Å². The number of halogens is 1. The fourth-order valence-electron chi connectivity index (χ4n) is 3.79. The van der Waals surface area contributed by atoms with E-state index in [2.05, 4.69) is 0 Å². The Morgan fingerprint density at radius 3 is 2.29 bits per heavy atom. The Morgan fingerprint density at radius 2 is 1.61 bits per heavy atom. The summed E-state index contributed by atoms with van der Waals surface area (Å²) in [5.41, 5.74) is 1.91. The topological polar surface area (TPSA) is 49.9 Å². The van der Waals surface area contributed by atoms with Crippen molar-refractivity contribution in [3.05, 3.63) is 95.9 Å². The molecule has 1 heterocycles. The first-order valence-electron chi connectivity index (χ1n) is 9.91. The smallest absolute Gasteiger partial charge is 0.282 e. The minimum absolute atomic E-state index is 0.182. The fourth-order valence-corrected chi connectivity index (χ4v) is 3.79. The highest BCUT2D eigenvalue weighted by atomic mass is 19.1. The maximum atomic E-state index is 13.9. The van der Waals surface area contributed by atoms with Gasteiger partial charge in [0.2, 0.25) is 0 Å². The molecular formula is C25H21FN2O3. The normalized spacial score (nSPS) is 13.7. The lowest BCUT2D eigenvalue weighted by Crippen LogP contribution is -2.35. The molecule has 0 radical (unpaired) electrons. The van der Waals surface area contributed by atoms with Gasteiger partial charge in [-0.05, 0) is 43.3 Å². The lowest BCUT2D eigenvalue weighted by molar-refractivity contribution is -0.120. The van der Waals surface area contributed by atoms with Gasteiger partial charge in [-0.25, -0.2) is 9.29 Å². The highest BCUT2D eigenvalue weighted by molar-refractivity contribution is 6.46. The van der Waals surface area contributed by atoms with Gasteiger partial charge < -0.3 is 9.64 Å². The lowest BCUT2D eigenvalue weighted by atomic mass is 10.0. The summed E-state index contributed by atoms with van der Waals surface area (Å²) in [4.78, 5) is 30.0. The molecule has 0 fully saturated rings. The van der Waals surface area contributed by atoms with Gasteiger partial charge in [0.1, 0.15) is 17.3 Å². The van der Waals surface area contributed by atoms with Crippen molar-refractivity contribution < 1.29 is 18.7 Å². The van der Waals surface area contributed by atoms with Crippen molar-refractivity contribution >= 4 is 28.8 Å². The second-order valence-corrected chi connectivity index (χ2v) is 6.93. The molecule has 5 nitrogen and oxygen atoms in total. The van der Waals surface area contributed by atoms with E-state index in [1.165, 1.54) is 25.3 Å². The van der Waals surface area contributed by atoms with Crippen LogP contribution < -0.4 is 14.5 Å². The predicted octanol–water partition coefficient (Wildman–Crippen LogP) is 4.65. The number of imide groups is 1. The lowest BCUT2D eigenvalue weighted by Gasteiger charge is -2.25. The fraction of sp³-hybridized carbons (Fsp3) is 0.120. The molecule has 0 saturated heterocycles. The molecule has 0 aromatic heterocycles. The van der Waals surface area contributed by atoms with Crippen molar-refractivity contribution in [3.63, 3.8) is 0 Å². The summed E-state index contributed by atoms with van der Waals surface area (Å²) in [6, 6.07) is 21.9. The minimum Gasteiger partial charge on any atom is -0.496 e. The number of para-hydroxylation sites is 2. The summed E-state index contributed by atoms with van der Waals surface area (Å²) in [7, 11) is 1.51. The van der Waals surface area contributed by atoms with Gasteiger partial charge in [-0.3, -0.25) is 9.59 Å². The maximum absolute atomic E-state index is 13.9. The number of anilines is 2. The number of likely N-dealkylation sites (N-methyl/N-ethyl adjacent to an activating group) is 1. The molecule has 2 amide bonds. The molecule has 1 aliphatic rings. The van der Waals surface area contributed by atoms with Crippen molar-refractivity contribution in [3.8, 4) is 5.75 Å². The first-order chi connectivity index (χ1) is 15.1. The molecule has 0 unspecified atom stereocenters. The van der Waals surface area contributed by atoms with Gasteiger partial charge in [0.15, 0.2) is 0 Å². The van der Waals surface area contributed by atoms with Gasteiger partial charge in [0, 0.05) is 17.8 Å². The standard InChI is InChI=1S/C25H21FN2O3/c1-3-27(18-11-5-4-6-12-18)23-22(20-14-7-8-15-21(20)31-2)24(29)28(25(23)30)19-13-9-10-17(26)16-19/h4-16H,3H2,1-2H3. The van der Waals surface area contributed by atoms with E-state index in [9.17, 15) is 14.0 Å². The third-order valence-electron chi connectivity index (χ3n) is 5.16. The number of hydrogen-bond acceptors (Lipinski definition) is 4. The molecule has 0 atom stereocenters. The quantitative estimate of drug-likeness (QED) is 0.549. The molecule has 6 heteroatoms. The Kier molecular flexibility index (Phi) is 5.54. The number of nitrogens with zero attached hydrogens (tertiary/aromatic N) is 2. The number of rotatable bonds is 6.